The van der Waals surface area contributed by atoms with Crippen LogP contribution in [0.4, 0.5) is 8.78 Å². The van der Waals surface area contributed by atoms with Crippen molar-refractivity contribution in [2.45, 2.75) is 13.2 Å². The van der Waals surface area contributed by atoms with Gasteiger partial charge < -0.3 is 10.1 Å². The minimum Gasteiger partial charge on any atom is -0.435 e. The number of amides is 1. The smallest absolute Gasteiger partial charge is 0.387 e. The summed E-state index contributed by atoms with van der Waals surface area (Å²) in [5, 5.41) is 7.71. The highest BCUT2D eigenvalue weighted by Gasteiger charge is 2.25. The van der Waals surface area contributed by atoms with Gasteiger partial charge in [-0.25, -0.2) is 4.68 Å². The molecule has 0 saturated heterocycles. The minimum absolute atomic E-state index is 0.0727. The summed E-state index contributed by atoms with van der Waals surface area (Å²) in [6, 6.07) is 11.4. The van der Waals surface area contributed by atoms with Crippen molar-refractivity contribution < 1.29 is 18.3 Å². The number of alkyl halides is 2. The number of hydrogen-bond acceptors (Lipinski definition) is 5. The molecule has 10 heteroatoms. The Bertz CT molecular complexity index is 1330. The lowest BCUT2D eigenvalue weighted by Crippen LogP contribution is -2.12. The Labute approximate surface area is 185 Å². The fourth-order valence-corrected chi connectivity index (χ4v) is 3.85. The van der Waals surface area contributed by atoms with Crippen LogP contribution in [-0.2, 0) is 6.54 Å². The van der Waals surface area contributed by atoms with E-state index in [1.165, 1.54) is 12.1 Å². The number of halogens is 3. The first-order valence-corrected chi connectivity index (χ1v) is 9.90. The molecule has 0 radical (unpaired) electrons. The molecule has 1 aliphatic rings. The SMILES string of the molecule is O=C1NCc2c1ccnc2-c1cc(-c2cc(Cl)cc(OC(F)F)c2)n(-c2cccnc2)n1. The molecule has 3 aromatic heterocycles. The Balaban J connectivity index is 1.70. The number of ether oxygens (including phenoxy) is 1. The van der Waals surface area contributed by atoms with Crippen LogP contribution in [0, 0.1) is 0 Å². The van der Waals surface area contributed by atoms with E-state index < -0.39 is 6.61 Å². The van der Waals surface area contributed by atoms with E-state index in [0.29, 0.717) is 40.4 Å². The number of nitrogens with one attached hydrogen (secondary N) is 1. The zero-order chi connectivity index (χ0) is 22.2. The summed E-state index contributed by atoms with van der Waals surface area (Å²) in [4.78, 5) is 20.6. The summed E-state index contributed by atoms with van der Waals surface area (Å²) in [6.07, 6.45) is 4.80. The van der Waals surface area contributed by atoms with Gasteiger partial charge in [0.25, 0.3) is 5.91 Å². The van der Waals surface area contributed by atoms with Crippen molar-refractivity contribution in [1.82, 2.24) is 25.1 Å². The maximum Gasteiger partial charge on any atom is 0.387 e. The summed E-state index contributed by atoms with van der Waals surface area (Å²) < 4.78 is 31.7. The molecule has 5 rings (SSSR count). The van der Waals surface area contributed by atoms with Crippen LogP contribution < -0.4 is 10.1 Å². The van der Waals surface area contributed by atoms with Crippen LogP contribution in [0.1, 0.15) is 15.9 Å². The average molecular weight is 454 g/mol. The second kappa shape index (κ2) is 8.01. The molecule has 1 aliphatic heterocycles. The number of hydrogen-bond donors (Lipinski definition) is 1. The van der Waals surface area contributed by atoms with Gasteiger partial charge in [0.1, 0.15) is 11.4 Å². The van der Waals surface area contributed by atoms with Gasteiger partial charge in [-0.2, -0.15) is 13.9 Å². The first-order chi connectivity index (χ1) is 15.5. The van der Waals surface area contributed by atoms with E-state index in [1.807, 2.05) is 6.07 Å². The number of pyridine rings is 2. The lowest BCUT2D eigenvalue weighted by molar-refractivity contribution is -0.0498. The van der Waals surface area contributed by atoms with Gasteiger partial charge in [-0.15, -0.1) is 0 Å². The Morgan fingerprint density at radius 3 is 2.81 bits per heavy atom. The number of carbonyl (C=O) groups excluding carboxylic acids is 1. The molecule has 0 unspecified atom stereocenters. The molecule has 0 fully saturated rings. The highest BCUT2D eigenvalue weighted by molar-refractivity contribution is 6.31. The van der Waals surface area contributed by atoms with Gasteiger partial charge in [0.05, 0.1) is 23.3 Å². The number of nitrogens with zero attached hydrogens (tertiary/aromatic N) is 4. The highest BCUT2D eigenvalue weighted by atomic mass is 35.5. The van der Waals surface area contributed by atoms with E-state index in [4.69, 9.17) is 16.7 Å². The molecule has 4 aromatic rings. The van der Waals surface area contributed by atoms with E-state index in [9.17, 15) is 13.6 Å². The molecule has 32 heavy (non-hydrogen) atoms. The van der Waals surface area contributed by atoms with Crippen molar-refractivity contribution in [3.63, 3.8) is 0 Å². The molecule has 1 amide bonds. The van der Waals surface area contributed by atoms with Gasteiger partial charge >= 0.3 is 6.61 Å². The molecule has 0 atom stereocenters. The summed E-state index contributed by atoms with van der Waals surface area (Å²) in [6.45, 7) is -2.64. The van der Waals surface area contributed by atoms with Crippen LogP contribution in [0.25, 0.3) is 28.3 Å². The molecular weight excluding hydrogens is 440 g/mol. The standard InChI is InChI=1S/C22H14ClF2N5O2/c23-13-6-12(7-15(8-13)32-22(24)25)19-9-18(29-30(19)14-2-1-4-26-10-14)20-17-11-28-21(31)16(17)3-5-27-20/h1-10,22H,11H2,(H,28,31). The maximum atomic E-state index is 12.8. The van der Waals surface area contributed by atoms with Crippen molar-refractivity contribution in [3.8, 4) is 34.1 Å². The van der Waals surface area contributed by atoms with Crippen LogP contribution in [-0.4, -0.2) is 32.3 Å². The Hall–Kier alpha value is -3.85. The Kier molecular flexibility index (Phi) is 5.02. The van der Waals surface area contributed by atoms with Crippen molar-refractivity contribution >= 4 is 17.5 Å². The second-order valence-corrected chi connectivity index (χ2v) is 7.40. The average Bonchev–Trinajstić information content (AvgIpc) is 3.38. The molecule has 0 aliphatic carbocycles. The van der Waals surface area contributed by atoms with Gasteiger partial charge in [0.2, 0.25) is 0 Å². The third kappa shape index (κ3) is 3.67. The highest BCUT2D eigenvalue weighted by Crippen LogP contribution is 2.34. The number of aromatic nitrogens is 4. The van der Waals surface area contributed by atoms with Crippen molar-refractivity contribution in [1.29, 1.82) is 0 Å². The minimum atomic E-state index is -2.98. The fraction of sp³-hybridized carbons (Fsp3) is 0.0909. The summed E-state index contributed by atoms with van der Waals surface area (Å²) in [7, 11) is 0. The van der Waals surface area contributed by atoms with Crippen LogP contribution in [0.3, 0.4) is 0 Å². The zero-order valence-electron chi connectivity index (χ0n) is 16.3. The molecule has 7 nitrogen and oxygen atoms in total. The molecule has 4 heterocycles. The fourth-order valence-electron chi connectivity index (χ4n) is 3.63. The molecule has 160 valence electrons. The van der Waals surface area contributed by atoms with Crippen molar-refractivity contribution in [2.24, 2.45) is 0 Å². The third-order valence-corrected chi connectivity index (χ3v) is 5.18. The Morgan fingerprint density at radius 2 is 2.03 bits per heavy atom. The summed E-state index contributed by atoms with van der Waals surface area (Å²) in [5.74, 6) is -0.240. The monoisotopic (exact) mass is 453 g/mol. The van der Waals surface area contributed by atoms with Crippen LogP contribution in [0.15, 0.2) is 61.1 Å². The first-order valence-electron chi connectivity index (χ1n) is 9.52. The summed E-state index contributed by atoms with van der Waals surface area (Å²) >= 11 is 6.17. The molecule has 0 bridgehead atoms. The molecular formula is C22H14ClF2N5O2. The molecule has 0 spiro atoms. The van der Waals surface area contributed by atoms with Gasteiger partial charge in [-0.05, 0) is 42.5 Å². The van der Waals surface area contributed by atoms with E-state index in [0.717, 1.165) is 5.56 Å². The van der Waals surface area contributed by atoms with Crippen molar-refractivity contribution in [3.05, 3.63) is 77.2 Å². The predicted octanol–water partition coefficient (Wildman–Crippen LogP) is 4.49. The first kappa shape index (κ1) is 20.1. The van der Waals surface area contributed by atoms with E-state index in [1.54, 1.807) is 47.5 Å². The number of fused-ring (bicyclic) bond motifs is 1. The third-order valence-electron chi connectivity index (χ3n) is 4.96. The summed E-state index contributed by atoms with van der Waals surface area (Å²) in [5.41, 5.74) is 4.07. The number of benzene rings is 1. The van der Waals surface area contributed by atoms with Gasteiger partial charge in [-0.1, -0.05) is 11.6 Å². The molecule has 1 N–H and O–H groups in total. The zero-order valence-corrected chi connectivity index (χ0v) is 17.1. The second-order valence-electron chi connectivity index (χ2n) is 6.96. The number of rotatable bonds is 5. The Morgan fingerprint density at radius 1 is 1.16 bits per heavy atom. The van der Waals surface area contributed by atoms with Crippen LogP contribution in [0.5, 0.6) is 5.75 Å². The van der Waals surface area contributed by atoms with Gasteiger partial charge in [0.15, 0.2) is 0 Å². The molecule has 0 saturated carbocycles. The van der Waals surface area contributed by atoms with Gasteiger partial charge in [-0.3, -0.25) is 14.8 Å². The number of carbonyl (C=O) groups is 1. The normalized spacial score (nSPS) is 12.7. The van der Waals surface area contributed by atoms with Gasteiger partial charge in [0, 0.05) is 40.7 Å². The predicted molar refractivity (Wildman–Crippen MR) is 113 cm³/mol. The van der Waals surface area contributed by atoms with Crippen molar-refractivity contribution in [2.75, 3.05) is 0 Å². The lowest BCUT2D eigenvalue weighted by atomic mass is 10.1. The lowest BCUT2D eigenvalue weighted by Gasteiger charge is -2.10. The van der Waals surface area contributed by atoms with Crippen LogP contribution in [0.2, 0.25) is 5.02 Å². The van der Waals surface area contributed by atoms with E-state index >= 15 is 0 Å². The largest absolute Gasteiger partial charge is 0.435 e. The van der Waals surface area contributed by atoms with E-state index in [-0.39, 0.29) is 16.7 Å². The maximum absolute atomic E-state index is 12.8. The van der Waals surface area contributed by atoms with E-state index in [2.05, 4.69) is 20.0 Å². The molecule has 1 aromatic carbocycles. The quantitative estimate of drug-likeness (QED) is 0.481. The topological polar surface area (TPSA) is 81.9 Å². The van der Waals surface area contributed by atoms with Crippen LogP contribution >= 0.6 is 11.6 Å².